The highest BCUT2D eigenvalue weighted by molar-refractivity contribution is 5.93. The van der Waals surface area contributed by atoms with Crippen LogP contribution in [0.2, 0.25) is 0 Å². The van der Waals surface area contributed by atoms with E-state index in [4.69, 9.17) is 5.73 Å². The summed E-state index contributed by atoms with van der Waals surface area (Å²) in [5.41, 5.74) is 7.72. The zero-order valence-electron chi connectivity index (χ0n) is 11.9. The van der Waals surface area contributed by atoms with Crippen LogP contribution in [0.4, 0.5) is 5.69 Å². The van der Waals surface area contributed by atoms with Crippen molar-refractivity contribution in [2.75, 3.05) is 11.4 Å². The minimum absolute atomic E-state index is 0.101. The zero-order chi connectivity index (χ0) is 14.1. The van der Waals surface area contributed by atoms with Gasteiger partial charge in [-0.2, -0.15) is 0 Å². The first kappa shape index (κ1) is 13.4. The molecule has 5 heteroatoms. The number of anilines is 1. The van der Waals surface area contributed by atoms with Crippen molar-refractivity contribution in [3.63, 3.8) is 0 Å². The van der Waals surface area contributed by atoms with Gasteiger partial charge in [0.15, 0.2) is 0 Å². The molecule has 1 amide bonds. The number of amides is 1. The molecule has 2 aliphatic rings. The summed E-state index contributed by atoms with van der Waals surface area (Å²) in [4.78, 5) is 18.5. The molecule has 3 rings (SSSR count). The summed E-state index contributed by atoms with van der Waals surface area (Å²) in [7, 11) is 0. The molecule has 0 radical (unpaired) electrons. The molecule has 2 atom stereocenters. The average molecular weight is 274 g/mol. The van der Waals surface area contributed by atoms with E-state index in [-0.39, 0.29) is 5.91 Å². The van der Waals surface area contributed by atoms with Gasteiger partial charge < -0.3 is 16.0 Å². The molecular weight excluding hydrogens is 252 g/mol. The van der Waals surface area contributed by atoms with Crippen molar-refractivity contribution in [3.05, 3.63) is 24.0 Å². The molecule has 2 fully saturated rings. The Morgan fingerprint density at radius 1 is 1.45 bits per heavy atom. The molecule has 3 N–H and O–H groups in total. The number of nitrogens with zero attached hydrogens (tertiary/aromatic N) is 2. The van der Waals surface area contributed by atoms with Gasteiger partial charge in [-0.25, -0.2) is 0 Å². The smallest absolute Gasteiger partial charge is 0.269 e. The molecule has 1 aromatic rings. The van der Waals surface area contributed by atoms with Crippen LogP contribution >= 0.6 is 0 Å². The molecular formula is C15H22N4O. The van der Waals surface area contributed by atoms with Crippen LogP contribution in [0.1, 0.15) is 43.1 Å². The van der Waals surface area contributed by atoms with Crippen LogP contribution in [0.25, 0.3) is 0 Å². The number of hydrogen-bond acceptors (Lipinski definition) is 4. The lowest BCUT2D eigenvalue weighted by molar-refractivity contribution is 0.0951. The van der Waals surface area contributed by atoms with Gasteiger partial charge in [0.25, 0.3) is 5.91 Å². The van der Waals surface area contributed by atoms with E-state index in [0.717, 1.165) is 18.5 Å². The molecule has 0 spiro atoms. The molecule has 2 bridgehead atoms. The average Bonchev–Trinajstić information content (AvgIpc) is 2.71. The predicted octanol–water partition coefficient (Wildman–Crippen LogP) is 1.29. The van der Waals surface area contributed by atoms with Crippen LogP contribution in [0.5, 0.6) is 0 Å². The third-order valence-electron chi connectivity index (χ3n) is 4.38. The minimum atomic E-state index is -0.101. The van der Waals surface area contributed by atoms with Gasteiger partial charge in [0, 0.05) is 36.6 Å². The van der Waals surface area contributed by atoms with Crippen molar-refractivity contribution in [2.24, 2.45) is 5.73 Å². The SMILES string of the molecule is CCNC(=O)c1cc(N2C3CCC2CC(N)C3)ccn1. The zero-order valence-corrected chi connectivity index (χ0v) is 11.9. The Bertz CT molecular complexity index is 490. The van der Waals surface area contributed by atoms with Crippen molar-refractivity contribution in [1.82, 2.24) is 10.3 Å². The van der Waals surface area contributed by atoms with E-state index in [1.54, 1.807) is 6.20 Å². The van der Waals surface area contributed by atoms with Crippen molar-refractivity contribution < 1.29 is 4.79 Å². The van der Waals surface area contributed by atoms with Crippen molar-refractivity contribution in [3.8, 4) is 0 Å². The highest BCUT2D eigenvalue weighted by Crippen LogP contribution is 2.38. The molecule has 2 saturated heterocycles. The second kappa shape index (κ2) is 5.40. The summed E-state index contributed by atoms with van der Waals surface area (Å²) in [5.74, 6) is -0.101. The molecule has 0 aliphatic carbocycles. The van der Waals surface area contributed by atoms with E-state index in [9.17, 15) is 4.79 Å². The van der Waals surface area contributed by atoms with Gasteiger partial charge in [0.1, 0.15) is 5.69 Å². The lowest BCUT2D eigenvalue weighted by Crippen LogP contribution is -2.47. The van der Waals surface area contributed by atoms with Crippen LogP contribution in [0.15, 0.2) is 18.3 Å². The quantitative estimate of drug-likeness (QED) is 0.871. The first-order valence-corrected chi connectivity index (χ1v) is 7.47. The summed E-state index contributed by atoms with van der Waals surface area (Å²) in [6, 6.07) is 5.29. The summed E-state index contributed by atoms with van der Waals surface area (Å²) < 4.78 is 0. The van der Waals surface area contributed by atoms with E-state index in [2.05, 4.69) is 15.2 Å². The van der Waals surface area contributed by atoms with Crippen LogP contribution in [0, 0.1) is 0 Å². The van der Waals surface area contributed by atoms with E-state index < -0.39 is 0 Å². The molecule has 2 unspecified atom stereocenters. The molecule has 5 nitrogen and oxygen atoms in total. The minimum Gasteiger partial charge on any atom is -0.365 e. The van der Waals surface area contributed by atoms with Crippen LogP contribution in [0.3, 0.4) is 0 Å². The Kier molecular flexibility index (Phi) is 3.61. The Balaban J connectivity index is 1.84. The van der Waals surface area contributed by atoms with Crippen LogP contribution in [-0.2, 0) is 0 Å². The van der Waals surface area contributed by atoms with Crippen molar-refractivity contribution in [2.45, 2.75) is 50.7 Å². The maximum atomic E-state index is 11.9. The van der Waals surface area contributed by atoms with Gasteiger partial charge in [-0.3, -0.25) is 9.78 Å². The largest absolute Gasteiger partial charge is 0.365 e. The van der Waals surface area contributed by atoms with Crippen molar-refractivity contribution in [1.29, 1.82) is 0 Å². The van der Waals surface area contributed by atoms with E-state index in [1.165, 1.54) is 12.8 Å². The number of carbonyl (C=O) groups excluding carboxylic acids is 1. The number of aromatic nitrogens is 1. The van der Waals surface area contributed by atoms with E-state index in [1.807, 2.05) is 19.1 Å². The van der Waals surface area contributed by atoms with Crippen molar-refractivity contribution >= 4 is 11.6 Å². The number of hydrogen-bond donors (Lipinski definition) is 2. The number of piperidine rings is 1. The molecule has 1 aromatic heterocycles. The number of pyridine rings is 1. The van der Waals surface area contributed by atoms with E-state index >= 15 is 0 Å². The maximum absolute atomic E-state index is 11.9. The van der Waals surface area contributed by atoms with Gasteiger partial charge in [-0.1, -0.05) is 0 Å². The van der Waals surface area contributed by atoms with Gasteiger partial charge in [0.05, 0.1) is 0 Å². The summed E-state index contributed by atoms with van der Waals surface area (Å²) in [6.07, 6.45) is 6.24. The first-order chi connectivity index (χ1) is 9.69. The fraction of sp³-hybridized carbons (Fsp3) is 0.600. The summed E-state index contributed by atoms with van der Waals surface area (Å²) in [6.45, 7) is 2.53. The second-order valence-electron chi connectivity index (χ2n) is 5.78. The standard InChI is InChI=1S/C15H22N4O/c1-2-17-15(20)14-9-13(5-6-18-14)19-11-3-4-12(19)8-10(16)7-11/h5-6,9-12H,2-4,7-8,16H2,1H3,(H,17,20). The van der Waals surface area contributed by atoms with Gasteiger partial charge in [-0.15, -0.1) is 0 Å². The first-order valence-electron chi connectivity index (χ1n) is 7.47. The monoisotopic (exact) mass is 274 g/mol. The van der Waals surface area contributed by atoms with Gasteiger partial charge in [0.2, 0.25) is 0 Å². The topological polar surface area (TPSA) is 71.2 Å². The lowest BCUT2D eigenvalue weighted by Gasteiger charge is -2.39. The Hall–Kier alpha value is -1.62. The number of nitrogens with one attached hydrogen (secondary N) is 1. The highest BCUT2D eigenvalue weighted by atomic mass is 16.1. The third-order valence-corrected chi connectivity index (χ3v) is 4.38. The number of rotatable bonds is 3. The van der Waals surface area contributed by atoms with Crippen LogP contribution in [-0.4, -0.2) is 35.6 Å². The number of nitrogens with two attached hydrogens (primary N) is 1. The lowest BCUT2D eigenvalue weighted by atomic mass is 9.97. The fourth-order valence-electron chi connectivity index (χ4n) is 3.60. The predicted molar refractivity (Wildman–Crippen MR) is 78.7 cm³/mol. The summed E-state index contributed by atoms with van der Waals surface area (Å²) in [5, 5.41) is 2.80. The Labute approximate surface area is 119 Å². The normalized spacial score (nSPS) is 28.5. The third kappa shape index (κ3) is 2.38. The molecule has 0 saturated carbocycles. The highest BCUT2D eigenvalue weighted by Gasteiger charge is 2.39. The molecule has 3 heterocycles. The fourth-order valence-corrected chi connectivity index (χ4v) is 3.60. The Morgan fingerprint density at radius 2 is 2.15 bits per heavy atom. The van der Waals surface area contributed by atoms with Crippen LogP contribution < -0.4 is 16.0 Å². The molecule has 20 heavy (non-hydrogen) atoms. The van der Waals surface area contributed by atoms with Gasteiger partial charge >= 0.3 is 0 Å². The maximum Gasteiger partial charge on any atom is 0.269 e. The second-order valence-corrected chi connectivity index (χ2v) is 5.78. The molecule has 2 aliphatic heterocycles. The molecule has 108 valence electrons. The Morgan fingerprint density at radius 3 is 2.80 bits per heavy atom. The van der Waals surface area contributed by atoms with Gasteiger partial charge in [-0.05, 0) is 44.7 Å². The summed E-state index contributed by atoms with van der Waals surface area (Å²) >= 11 is 0. The number of carbonyl (C=O) groups is 1. The molecule has 0 aromatic carbocycles. The number of fused-ring (bicyclic) bond motifs is 2. The van der Waals surface area contributed by atoms with E-state index in [0.29, 0.717) is 30.4 Å².